The molecule has 1 aromatic carbocycles. The maximum atomic E-state index is 12.8. The molecule has 19 heavy (non-hydrogen) atoms. The first-order chi connectivity index (χ1) is 9.22. The van der Waals surface area contributed by atoms with Gasteiger partial charge in [0.25, 0.3) is 5.91 Å². The average Bonchev–Trinajstić information content (AvgIpc) is 3.12. The summed E-state index contributed by atoms with van der Waals surface area (Å²) in [6.45, 7) is 0.692. The minimum Gasteiger partial charge on any atom is -0.444 e. The summed E-state index contributed by atoms with van der Waals surface area (Å²) < 4.78 is 18.0. The van der Waals surface area contributed by atoms with Crippen molar-refractivity contribution in [3.05, 3.63) is 42.0 Å². The Balaban J connectivity index is 1.71. The van der Waals surface area contributed by atoms with Gasteiger partial charge in [-0.25, -0.2) is 9.37 Å². The lowest BCUT2D eigenvalue weighted by atomic mass is 10.2. The Labute approximate surface area is 109 Å². The van der Waals surface area contributed by atoms with E-state index in [1.54, 1.807) is 12.1 Å². The van der Waals surface area contributed by atoms with Crippen LogP contribution in [-0.2, 0) is 0 Å². The summed E-state index contributed by atoms with van der Waals surface area (Å²) in [5, 5.41) is 2.81. The van der Waals surface area contributed by atoms with E-state index < -0.39 is 0 Å². The van der Waals surface area contributed by atoms with Gasteiger partial charge < -0.3 is 9.73 Å². The summed E-state index contributed by atoms with van der Waals surface area (Å²) in [6, 6.07) is 5.78. The topological polar surface area (TPSA) is 55.1 Å². The maximum absolute atomic E-state index is 12.8. The van der Waals surface area contributed by atoms with Crippen LogP contribution in [0.3, 0.4) is 0 Å². The van der Waals surface area contributed by atoms with Crippen molar-refractivity contribution in [3.8, 4) is 11.5 Å². The molecule has 98 valence electrons. The van der Waals surface area contributed by atoms with E-state index in [0.29, 0.717) is 23.9 Å². The second-order valence-electron chi connectivity index (χ2n) is 4.70. The van der Waals surface area contributed by atoms with Crippen molar-refractivity contribution in [1.29, 1.82) is 0 Å². The molecule has 4 nitrogen and oxygen atoms in total. The molecule has 0 spiro atoms. The Morgan fingerprint density at radius 1 is 1.37 bits per heavy atom. The highest BCUT2D eigenvalue weighted by molar-refractivity contribution is 5.92. The Kier molecular flexibility index (Phi) is 3.03. The van der Waals surface area contributed by atoms with Gasteiger partial charge in [-0.15, -0.1) is 0 Å². The SMILES string of the molecule is O=C(NCC1CC1)c1coc(-c2ccc(F)cc2)n1. The van der Waals surface area contributed by atoms with Gasteiger partial charge in [0.15, 0.2) is 5.69 Å². The summed E-state index contributed by atoms with van der Waals surface area (Å²) in [5.74, 6) is 0.380. The molecule has 1 aliphatic rings. The van der Waals surface area contributed by atoms with Crippen molar-refractivity contribution in [2.45, 2.75) is 12.8 Å². The third-order valence-electron chi connectivity index (χ3n) is 3.08. The van der Waals surface area contributed by atoms with Crippen LogP contribution in [0.15, 0.2) is 34.9 Å². The Morgan fingerprint density at radius 3 is 2.79 bits per heavy atom. The molecule has 2 aromatic rings. The van der Waals surface area contributed by atoms with Gasteiger partial charge in [-0.2, -0.15) is 0 Å². The lowest BCUT2D eigenvalue weighted by Crippen LogP contribution is -2.25. The highest BCUT2D eigenvalue weighted by atomic mass is 19.1. The molecule has 0 atom stereocenters. The van der Waals surface area contributed by atoms with E-state index in [4.69, 9.17) is 4.42 Å². The first kappa shape index (κ1) is 11.9. The van der Waals surface area contributed by atoms with E-state index in [2.05, 4.69) is 10.3 Å². The fraction of sp³-hybridized carbons (Fsp3) is 0.286. The van der Waals surface area contributed by atoms with Gasteiger partial charge in [-0.05, 0) is 43.0 Å². The second-order valence-corrected chi connectivity index (χ2v) is 4.70. The number of aromatic nitrogens is 1. The van der Waals surface area contributed by atoms with Gasteiger partial charge in [-0.1, -0.05) is 0 Å². The van der Waals surface area contributed by atoms with E-state index in [-0.39, 0.29) is 17.4 Å². The molecule has 1 aromatic heterocycles. The van der Waals surface area contributed by atoms with Gasteiger partial charge >= 0.3 is 0 Å². The number of amides is 1. The zero-order valence-electron chi connectivity index (χ0n) is 10.2. The van der Waals surface area contributed by atoms with Crippen LogP contribution in [0.2, 0.25) is 0 Å². The molecule has 1 amide bonds. The zero-order valence-corrected chi connectivity index (χ0v) is 10.2. The van der Waals surface area contributed by atoms with E-state index in [0.717, 1.165) is 0 Å². The molecule has 0 saturated heterocycles. The van der Waals surface area contributed by atoms with Gasteiger partial charge in [0.2, 0.25) is 5.89 Å². The van der Waals surface area contributed by atoms with Gasteiger partial charge in [-0.3, -0.25) is 4.79 Å². The molecular weight excluding hydrogens is 247 g/mol. The number of carbonyl (C=O) groups excluding carboxylic acids is 1. The van der Waals surface area contributed by atoms with Gasteiger partial charge in [0.05, 0.1) is 0 Å². The Morgan fingerprint density at radius 2 is 2.11 bits per heavy atom. The molecule has 1 fully saturated rings. The molecule has 0 bridgehead atoms. The number of oxazole rings is 1. The minimum absolute atomic E-state index is 0.232. The summed E-state index contributed by atoms with van der Waals surface area (Å²) in [4.78, 5) is 15.9. The molecular formula is C14H13FN2O2. The molecule has 1 N–H and O–H groups in total. The van der Waals surface area contributed by atoms with Gasteiger partial charge in [0, 0.05) is 12.1 Å². The standard InChI is InChI=1S/C14H13FN2O2/c15-11-5-3-10(4-6-11)14-17-12(8-19-14)13(18)16-7-9-1-2-9/h3-6,8-9H,1-2,7H2,(H,16,18). The summed E-state index contributed by atoms with van der Waals surface area (Å²) in [7, 11) is 0. The largest absolute Gasteiger partial charge is 0.444 e. The molecule has 5 heteroatoms. The lowest BCUT2D eigenvalue weighted by molar-refractivity contribution is 0.0947. The number of nitrogens with zero attached hydrogens (tertiary/aromatic N) is 1. The van der Waals surface area contributed by atoms with Crippen LogP contribution in [0.5, 0.6) is 0 Å². The van der Waals surface area contributed by atoms with Crippen LogP contribution in [0, 0.1) is 11.7 Å². The number of carbonyl (C=O) groups is 1. The fourth-order valence-corrected chi connectivity index (χ4v) is 1.75. The highest BCUT2D eigenvalue weighted by Crippen LogP contribution is 2.27. The first-order valence-corrected chi connectivity index (χ1v) is 6.22. The van der Waals surface area contributed by atoms with E-state index in [1.165, 1.54) is 31.2 Å². The molecule has 3 rings (SSSR count). The van der Waals surface area contributed by atoms with Crippen LogP contribution < -0.4 is 5.32 Å². The predicted octanol–water partition coefficient (Wildman–Crippen LogP) is 2.62. The molecule has 1 aliphatic carbocycles. The molecule has 0 aliphatic heterocycles. The van der Waals surface area contributed by atoms with Crippen molar-refractivity contribution >= 4 is 5.91 Å². The monoisotopic (exact) mass is 260 g/mol. The van der Waals surface area contributed by atoms with E-state index in [1.807, 2.05) is 0 Å². The van der Waals surface area contributed by atoms with Crippen molar-refractivity contribution < 1.29 is 13.6 Å². The van der Waals surface area contributed by atoms with Crippen molar-refractivity contribution in [2.24, 2.45) is 5.92 Å². The number of benzene rings is 1. The van der Waals surface area contributed by atoms with Crippen LogP contribution in [0.1, 0.15) is 23.3 Å². The zero-order chi connectivity index (χ0) is 13.2. The van der Waals surface area contributed by atoms with Gasteiger partial charge in [0.1, 0.15) is 12.1 Å². The summed E-state index contributed by atoms with van der Waals surface area (Å²) in [5.41, 5.74) is 0.891. The maximum Gasteiger partial charge on any atom is 0.273 e. The molecule has 0 radical (unpaired) electrons. The van der Waals surface area contributed by atoms with Crippen molar-refractivity contribution in [3.63, 3.8) is 0 Å². The number of hydrogen-bond donors (Lipinski definition) is 1. The first-order valence-electron chi connectivity index (χ1n) is 6.22. The normalized spacial score (nSPS) is 14.4. The summed E-state index contributed by atoms with van der Waals surface area (Å²) in [6.07, 6.45) is 3.68. The van der Waals surface area contributed by atoms with E-state index >= 15 is 0 Å². The molecule has 0 unspecified atom stereocenters. The van der Waals surface area contributed by atoms with Crippen LogP contribution in [0.25, 0.3) is 11.5 Å². The smallest absolute Gasteiger partial charge is 0.273 e. The van der Waals surface area contributed by atoms with E-state index in [9.17, 15) is 9.18 Å². The van der Waals surface area contributed by atoms with Crippen LogP contribution in [0.4, 0.5) is 4.39 Å². The van der Waals surface area contributed by atoms with Crippen molar-refractivity contribution in [2.75, 3.05) is 6.54 Å². The molecule has 1 saturated carbocycles. The number of halogens is 1. The minimum atomic E-state index is -0.322. The molecule has 1 heterocycles. The predicted molar refractivity (Wildman–Crippen MR) is 67.0 cm³/mol. The summed E-state index contributed by atoms with van der Waals surface area (Å²) >= 11 is 0. The van der Waals surface area contributed by atoms with Crippen LogP contribution >= 0.6 is 0 Å². The Bertz CT molecular complexity index is 588. The fourth-order valence-electron chi connectivity index (χ4n) is 1.75. The van der Waals surface area contributed by atoms with Crippen molar-refractivity contribution in [1.82, 2.24) is 10.3 Å². The quantitative estimate of drug-likeness (QED) is 0.919. The third kappa shape index (κ3) is 2.81. The van der Waals surface area contributed by atoms with Crippen LogP contribution in [-0.4, -0.2) is 17.4 Å². The number of hydrogen-bond acceptors (Lipinski definition) is 3. The lowest BCUT2D eigenvalue weighted by Gasteiger charge is -1.99. The highest BCUT2D eigenvalue weighted by Gasteiger charge is 2.22. The number of rotatable bonds is 4. The Hall–Kier alpha value is -2.17. The second kappa shape index (κ2) is 4.84. The number of nitrogens with one attached hydrogen (secondary N) is 1. The average molecular weight is 260 g/mol. The third-order valence-corrected chi connectivity index (χ3v) is 3.08.